The van der Waals surface area contributed by atoms with Gasteiger partial charge in [-0.15, -0.1) is 0 Å². The van der Waals surface area contributed by atoms with Gasteiger partial charge in [-0.2, -0.15) is 0 Å². The zero-order valence-corrected chi connectivity index (χ0v) is 11.7. The maximum atomic E-state index is 11.3. The van der Waals surface area contributed by atoms with Gasteiger partial charge < -0.3 is 20.9 Å². The molecule has 0 aromatic heterocycles. The minimum absolute atomic E-state index is 0.00407. The monoisotopic (exact) mass is 266 g/mol. The molecule has 0 heterocycles. The number of rotatable bonds is 7. The van der Waals surface area contributed by atoms with Crippen molar-refractivity contribution in [2.24, 2.45) is 11.5 Å². The number of carbonyl (C=O) groups excluding carboxylic acids is 1. The minimum Gasteiger partial charge on any atom is -0.497 e. The van der Waals surface area contributed by atoms with E-state index in [0.717, 1.165) is 5.56 Å². The van der Waals surface area contributed by atoms with Crippen LogP contribution in [0.15, 0.2) is 18.2 Å². The summed E-state index contributed by atoms with van der Waals surface area (Å²) in [5.74, 6) is 0.794. The SMILES string of the molecule is CCC(Oc1cc(OC)ccc1CC(C)N)C(N)=O. The van der Waals surface area contributed by atoms with Gasteiger partial charge in [0.15, 0.2) is 6.10 Å². The summed E-state index contributed by atoms with van der Waals surface area (Å²) in [6.07, 6.45) is 0.539. The van der Waals surface area contributed by atoms with Crippen LogP contribution in [0.25, 0.3) is 0 Å². The molecule has 1 aromatic carbocycles. The molecule has 0 bridgehead atoms. The summed E-state index contributed by atoms with van der Waals surface area (Å²) in [5.41, 5.74) is 12.0. The molecule has 2 atom stereocenters. The first kappa shape index (κ1) is 15.3. The number of carbonyl (C=O) groups is 1. The van der Waals surface area contributed by atoms with E-state index in [1.54, 1.807) is 13.2 Å². The van der Waals surface area contributed by atoms with Crippen LogP contribution in [0, 0.1) is 0 Å². The molecule has 0 spiro atoms. The lowest BCUT2D eigenvalue weighted by molar-refractivity contribution is -0.124. The highest BCUT2D eigenvalue weighted by Crippen LogP contribution is 2.27. The Bertz CT molecular complexity index is 433. The molecule has 106 valence electrons. The molecule has 5 heteroatoms. The molecular formula is C14H22N2O3. The lowest BCUT2D eigenvalue weighted by Crippen LogP contribution is -2.33. The van der Waals surface area contributed by atoms with Crippen molar-refractivity contribution in [3.05, 3.63) is 23.8 Å². The van der Waals surface area contributed by atoms with Gasteiger partial charge in [-0.3, -0.25) is 4.79 Å². The third-order valence-corrected chi connectivity index (χ3v) is 2.77. The van der Waals surface area contributed by atoms with E-state index in [2.05, 4.69) is 0 Å². The molecule has 0 fully saturated rings. The van der Waals surface area contributed by atoms with Gasteiger partial charge in [0.2, 0.25) is 0 Å². The first-order valence-electron chi connectivity index (χ1n) is 6.36. The number of hydrogen-bond acceptors (Lipinski definition) is 4. The molecule has 1 rings (SSSR count). The second-order valence-corrected chi connectivity index (χ2v) is 4.57. The van der Waals surface area contributed by atoms with Gasteiger partial charge in [-0.1, -0.05) is 13.0 Å². The van der Waals surface area contributed by atoms with Crippen LogP contribution in [0.4, 0.5) is 0 Å². The number of amides is 1. The molecule has 0 aliphatic rings. The fourth-order valence-corrected chi connectivity index (χ4v) is 1.78. The second kappa shape index (κ2) is 6.99. The molecule has 5 nitrogen and oxygen atoms in total. The third kappa shape index (κ3) is 4.44. The Morgan fingerprint density at radius 2 is 2.11 bits per heavy atom. The maximum absolute atomic E-state index is 11.3. The Morgan fingerprint density at radius 1 is 1.42 bits per heavy atom. The number of hydrogen-bond donors (Lipinski definition) is 2. The van der Waals surface area contributed by atoms with Gasteiger partial charge in [0.05, 0.1) is 7.11 Å². The third-order valence-electron chi connectivity index (χ3n) is 2.77. The Kier molecular flexibility index (Phi) is 5.63. The topological polar surface area (TPSA) is 87.6 Å². The van der Waals surface area contributed by atoms with Crippen LogP contribution < -0.4 is 20.9 Å². The number of methoxy groups -OCH3 is 1. The summed E-state index contributed by atoms with van der Waals surface area (Å²) < 4.78 is 10.9. The normalized spacial score (nSPS) is 13.7. The molecule has 1 aromatic rings. The summed E-state index contributed by atoms with van der Waals surface area (Å²) in [6.45, 7) is 3.76. The van der Waals surface area contributed by atoms with Crippen molar-refractivity contribution in [3.63, 3.8) is 0 Å². The highest BCUT2D eigenvalue weighted by Gasteiger charge is 2.17. The summed E-state index contributed by atoms with van der Waals surface area (Å²) in [7, 11) is 1.58. The van der Waals surface area contributed by atoms with Crippen LogP contribution in [0.1, 0.15) is 25.8 Å². The summed E-state index contributed by atoms with van der Waals surface area (Å²) in [4.78, 5) is 11.3. The fourth-order valence-electron chi connectivity index (χ4n) is 1.78. The largest absolute Gasteiger partial charge is 0.497 e. The average molecular weight is 266 g/mol. The van der Waals surface area contributed by atoms with Crippen LogP contribution in [-0.2, 0) is 11.2 Å². The standard InChI is InChI=1S/C14H22N2O3/c1-4-12(14(16)17)19-13-8-11(18-3)6-5-10(13)7-9(2)15/h5-6,8-9,12H,4,7,15H2,1-3H3,(H2,16,17). The van der Waals surface area contributed by atoms with Crippen molar-refractivity contribution in [3.8, 4) is 11.5 Å². The summed E-state index contributed by atoms with van der Waals surface area (Å²) >= 11 is 0. The first-order chi connectivity index (χ1) is 8.97. The van der Waals surface area contributed by atoms with Gasteiger partial charge in [0.1, 0.15) is 11.5 Å². The van der Waals surface area contributed by atoms with Gasteiger partial charge in [-0.25, -0.2) is 0 Å². The van der Waals surface area contributed by atoms with Crippen molar-refractivity contribution in [1.29, 1.82) is 0 Å². The van der Waals surface area contributed by atoms with Crippen LogP contribution in [-0.4, -0.2) is 25.2 Å². The summed E-state index contributed by atoms with van der Waals surface area (Å²) in [6, 6.07) is 5.49. The number of primary amides is 1. The van der Waals surface area contributed by atoms with E-state index < -0.39 is 12.0 Å². The quantitative estimate of drug-likeness (QED) is 0.777. The Hall–Kier alpha value is -1.75. The van der Waals surface area contributed by atoms with Gasteiger partial charge in [0, 0.05) is 12.1 Å². The smallest absolute Gasteiger partial charge is 0.258 e. The number of benzene rings is 1. The van der Waals surface area contributed by atoms with Crippen LogP contribution in [0.5, 0.6) is 11.5 Å². The number of ether oxygens (including phenoxy) is 2. The molecule has 2 unspecified atom stereocenters. The molecule has 0 saturated carbocycles. The molecule has 0 aliphatic heterocycles. The first-order valence-corrected chi connectivity index (χ1v) is 6.36. The van der Waals surface area contributed by atoms with Crippen molar-refractivity contribution >= 4 is 5.91 Å². The minimum atomic E-state index is -0.640. The van der Waals surface area contributed by atoms with E-state index in [1.807, 2.05) is 26.0 Å². The fraction of sp³-hybridized carbons (Fsp3) is 0.500. The highest BCUT2D eigenvalue weighted by molar-refractivity contribution is 5.79. The van der Waals surface area contributed by atoms with Crippen molar-refractivity contribution in [2.45, 2.75) is 38.8 Å². The van der Waals surface area contributed by atoms with Crippen molar-refractivity contribution in [2.75, 3.05) is 7.11 Å². The van der Waals surface area contributed by atoms with Crippen molar-refractivity contribution < 1.29 is 14.3 Å². The molecule has 1 amide bonds. The molecule has 0 saturated heterocycles. The molecular weight excluding hydrogens is 244 g/mol. The maximum Gasteiger partial charge on any atom is 0.258 e. The molecule has 4 N–H and O–H groups in total. The zero-order chi connectivity index (χ0) is 14.4. The lowest BCUT2D eigenvalue weighted by atomic mass is 10.1. The van der Waals surface area contributed by atoms with E-state index in [0.29, 0.717) is 24.3 Å². The molecule has 0 aliphatic carbocycles. The zero-order valence-electron chi connectivity index (χ0n) is 11.7. The highest BCUT2D eigenvalue weighted by atomic mass is 16.5. The van der Waals surface area contributed by atoms with Crippen LogP contribution >= 0.6 is 0 Å². The Morgan fingerprint density at radius 3 is 2.58 bits per heavy atom. The second-order valence-electron chi connectivity index (χ2n) is 4.57. The van der Waals surface area contributed by atoms with E-state index in [9.17, 15) is 4.79 Å². The average Bonchev–Trinajstić information content (AvgIpc) is 2.36. The molecule has 0 radical (unpaired) electrons. The number of nitrogens with two attached hydrogens (primary N) is 2. The van der Waals surface area contributed by atoms with E-state index >= 15 is 0 Å². The van der Waals surface area contributed by atoms with Crippen molar-refractivity contribution in [1.82, 2.24) is 0 Å². The van der Waals surface area contributed by atoms with Crippen LogP contribution in [0.2, 0.25) is 0 Å². The van der Waals surface area contributed by atoms with E-state index in [1.165, 1.54) is 0 Å². The van der Waals surface area contributed by atoms with Gasteiger partial charge >= 0.3 is 0 Å². The lowest BCUT2D eigenvalue weighted by Gasteiger charge is -2.18. The van der Waals surface area contributed by atoms with Gasteiger partial charge in [0.25, 0.3) is 5.91 Å². The molecule has 19 heavy (non-hydrogen) atoms. The van der Waals surface area contributed by atoms with Crippen LogP contribution in [0.3, 0.4) is 0 Å². The predicted octanol–water partition coefficient (Wildman–Crippen LogP) is 1.23. The van der Waals surface area contributed by atoms with E-state index in [-0.39, 0.29) is 6.04 Å². The Balaban J connectivity index is 3.02. The van der Waals surface area contributed by atoms with Gasteiger partial charge in [-0.05, 0) is 31.4 Å². The van der Waals surface area contributed by atoms with E-state index in [4.69, 9.17) is 20.9 Å². The summed E-state index contributed by atoms with van der Waals surface area (Å²) in [5, 5.41) is 0. The Labute approximate surface area is 113 Å². The predicted molar refractivity (Wildman–Crippen MR) is 74.2 cm³/mol.